The molecule has 0 amide bonds. The first-order chi connectivity index (χ1) is 16.2. The summed E-state index contributed by atoms with van der Waals surface area (Å²) in [4.78, 5) is 46.5. The van der Waals surface area contributed by atoms with Crippen molar-refractivity contribution in [1.29, 1.82) is 0 Å². The summed E-state index contributed by atoms with van der Waals surface area (Å²) in [5.41, 5.74) is -1.31. The number of rotatable bonds is 4. The number of hydrogen-bond acceptors (Lipinski definition) is 9. The Morgan fingerprint density at radius 3 is 2.59 bits per heavy atom. The molecule has 0 spiro atoms. The number of piperazine rings is 1. The maximum atomic E-state index is 13.3. The zero-order valence-corrected chi connectivity index (χ0v) is 19.1. The zero-order chi connectivity index (χ0) is 24.6. The van der Waals surface area contributed by atoms with Crippen LogP contribution in [0.3, 0.4) is 0 Å². The van der Waals surface area contributed by atoms with Gasteiger partial charge in [0.1, 0.15) is 0 Å². The first-order valence-electron chi connectivity index (χ1n) is 10.2. The molecule has 0 aliphatic carbocycles. The van der Waals surface area contributed by atoms with Crippen LogP contribution in [0.5, 0.6) is 0 Å². The van der Waals surface area contributed by atoms with Crippen molar-refractivity contribution in [3.63, 3.8) is 0 Å². The van der Waals surface area contributed by atoms with Gasteiger partial charge < -0.3 is 15.1 Å². The molecule has 34 heavy (non-hydrogen) atoms. The van der Waals surface area contributed by atoms with Crippen LogP contribution in [0.4, 0.5) is 24.7 Å². The molecule has 1 atom stereocenters. The highest BCUT2D eigenvalue weighted by Crippen LogP contribution is 2.40. The van der Waals surface area contributed by atoms with E-state index in [1.165, 1.54) is 23.3 Å². The Morgan fingerprint density at radius 1 is 1.29 bits per heavy atom. The van der Waals surface area contributed by atoms with E-state index in [-0.39, 0.29) is 18.1 Å². The minimum absolute atomic E-state index is 0.0464. The highest BCUT2D eigenvalue weighted by atomic mass is 32.1. The van der Waals surface area contributed by atoms with Crippen molar-refractivity contribution in [3.8, 4) is 17.5 Å². The second-order valence-electron chi connectivity index (χ2n) is 7.53. The average Bonchev–Trinajstić information content (AvgIpc) is 3.43. The number of fused-ring (bicyclic) bond motifs is 1. The lowest BCUT2D eigenvalue weighted by Gasteiger charge is -2.40. The van der Waals surface area contributed by atoms with Gasteiger partial charge in [0.15, 0.2) is 17.8 Å². The summed E-state index contributed by atoms with van der Waals surface area (Å²) in [5, 5.41) is 7.14. The Morgan fingerprint density at radius 2 is 2.00 bits per heavy atom. The molecule has 2 aliphatic rings. The van der Waals surface area contributed by atoms with E-state index in [9.17, 15) is 27.6 Å². The van der Waals surface area contributed by atoms with Crippen LogP contribution in [0.2, 0.25) is 0 Å². The van der Waals surface area contributed by atoms with Gasteiger partial charge >= 0.3 is 17.8 Å². The van der Waals surface area contributed by atoms with Gasteiger partial charge in [0, 0.05) is 38.6 Å². The highest BCUT2D eigenvalue weighted by molar-refractivity contribution is 7.08. The number of hydroxylamine groups is 1. The molecule has 0 bridgehead atoms. The van der Waals surface area contributed by atoms with Gasteiger partial charge in [-0.25, -0.2) is 14.2 Å². The molecule has 1 fully saturated rings. The summed E-state index contributed by atoms with van der Waals surface area (Å²) in [7, 11) is 1.28. The van der Waals surface area contributed by atoms with E-state index < -0.39 is 29.7 Å². The van der Waals surface area contributed by atoms with Crippen molar-refractivity contribution >= 4 is 28.8 Å². The largest absolute Gasteiger partial charge is 0.493 e. The van der Waals surface area contributed by atoms with E-state index in [0.717, 1.165) is 9.13 Å². The minimum Gasteiger partial charge on any atom is -0.327 e. The zero-order valence-electron chi connectivity index (χ0n) is 18.3. The molecule has 14 heteroatoms. The molecule has 2 aromatic rings. The van der Waals surface area contributed by atoms with Gasteiger partial charge in [0.2, 0.25) is 0 Å². The standard InChI is InChI=1S/C20H21F3N6O4S/c1-3-4-8-27-14-15(28(13-5-11-34-12-13)19(32)25(2)16(14)30)29(33-17(31)20(21,22)23)18(27)26-9-6-24-7-10-26/h5,11-12,18,24H,6-10H2,1-2H3. The van der Waals surface area contributed by atoms with Crippen molar-refractivity contribution in [2.24, 2.45) is 7.05 Å². The summed E-state index contributed by atoms with van der Waals surface area (Å²) in [6.07, 6.45) is -6.42. The molecule has 10 nitrogen and oxygen atoms in total. The third-order valence-corrected chi connectivity index (χ3v) is 6.15. The normalized spacial score (nSPS) is 18.4. The van der Waals surface area contributed by atoms with E-state index in [4.69, 9.17) is 4.84 Å². The van der Waals surface area contributed by atoms with Gasteiger partial charge in [0.25, 0.3) is 5.56 Å². The van der Waals surface area contributed by atoms with Crippen LogP contribution in [0.25, 0.3) is 5.69 Å². The van der Waals surface area contributed by atoms with Gasteiger partial charge in [-0.2, -0.15) is 24.5 Å². The molecule has 1 unspecified atom stereocenters. The molecule has 1 N–H and O–H groups in total. The molecular weight excluding hydrogens is 477 g/mol. The minimum atomic E-state index is -5.29. The van der Waals surface area contributed by atoms with E-state index in [1.807, 2.05) is 0 Å². The number of thiophene rings is 1. The number of nitrogens with zero attached hydrogens (tertiary/aromatic N) is 5. The van der Waals surface area contributed by atoms with Crippen molar-refractivity contribution in [1.82, 2.24) is 19.4 Å². The molecule has 4 rings (SSSR count). The first-order valence-corrected chi connectivity index (χ1v) is 11.2. The first kappa shape index (κ1) is 23.9. The molecule has 182 valence electrons. The number of hydrogen-bond donors (Lipinski definition) is 1. The summed E-state index contributed by atoms with van der Waals surface area (Å²) < 4.78 is 41.7. The number of nitrogens with one attached hydrogen (secondary N) is 1. The van der Waals surface area contributed by atoms with Crippen LogP contribution in [-0.4, -0.2) is 65.2 Å². The Labute approximate surface area is 195 Å². The fraction of sp³-hybridized carbons (Fsp3) is 0.450. The molecule has 2 aromatic heterocycles. The second kappa shape index (κ2) is 9.16. The summed E-state index contributed by atoms with van der Waals surface area (Å²) >= 11 is 1.25. The third kappa shape index (κ3) is 4.06. The SMILES string of the molecule is CC#CCN1c2c(n(-c3ccsc3)c(=O)n(C)c2=O)N(OC(=O)C(F)(F)F)C1N1CCNCC1. The average molecular weight is 498 g/mol. The van der Waals surface area contributed by atoms with Crippen LogP contribution in [0.1, 0.15) is 6.92 Å². The lowest BCUT2D eigenvalue weighted by atomic mass is 10.3. The third-order valence-electron chi connectivity index (χ3n) is 5.47. The van der Waals surface area contributed by atoms with Crippen LogP contribution >= 0.6 is 11.3 Å². The number of aromatic nitrogens is 2. The Balaban J connectivity index is 2.01. The lowest BCUT2D eigenvalue weighted by Crippen LogP contribution is -2.61. The van der Waals surface area contributed by atoms with Gasteiger partial charge in [-0.05, 0) is 18.4 Å². The lowest BCUT2D eigenvalue weighted by molar-refractivity contribution is -0.203. The number of anilines is 2. The van der Waals surface area contributed by atoms with Crippen molar-refractivity contribution < 1.29 is 22.8 Å². The topological polar surface area (TPSA) is 92.0 Å². The highest BCUT2D eigenvalue weighted by Gasteiger charge is 2.51. The van der Waals surface area contributed by atoms with Gasteiger partial charge in [-0.15, -0.1) is 11.0 Å². The van der Waals surface area contributed by atoms with Crippen molar-refractivity contribution in [2.75, 3.05) is 42.7 Å². The maximum absolute atomic E-state index is 13.3. The van der Waals surface area contributed by atoms with Crippen LogP contribution in [0, 0.1) is 11.8 Å². The molecule has 0 saturated carbocycles. The number of carbonyl (C=O) groups excluding carboxylic acids is 1. The predicted molar refractivity (Wildman–Crippen MR) is 119 cm³/mol. The Kier molecular flexibility index (Phi) is 6.43. The van der Waals surface area contributed by atoms with E-state index in [1.54, 1.807) is 28.7 Å². The summed E-state index contributed by atoms with van der Waals surface area (Å²) in [5.74, 6) is 2.82. The summed E-state index contributed by atoms with van der Waals surface area (Å²) in [6, 6.07) is 1.58. The predicted octanol–water partition coefficient (Wildman–Crippen LogP) is 0.457. The van der Waals surface area contributed by atoms with Gasteiger partial charge in [-0.3, -0.25) is 14.3 Å². The molecule has 4 heterocycles. The molecule has 2 aliphatic heterocycles. The van der Waals surface area contributed by atoms with E-state index in [2.05, 4.69) is 17.2 Å². The monoisotopic (exact) mass is 498 g/mol. The Hall–Kier alpha value is -3.28. The van der Waals surface area contributed by atoms with E-state index in [0.29, 0.717) is 36.9 Å². The van der Waals surface area contributed by atoms with E-state index >= 15 is 0 Å². The van der Waals surface area contributed by atoms with Crippen molar-refractivity contribution in [2.45, 2.75) is 19.4 Å². The second-order valence-corrected chi connectivity index (χ2v) is 8.31. The quantitative estimate of drug-likeness (QED) is 0.608. The summed E-state index contributed by atoms with van der Waals surface area (Å²) in [6.45, 7) is 3.36. The van der Waals surface area contributed by atoms with Crippen molar-refractivity contribution in [3.05, 3.63) is 37.7 Å². The molecule has 0 radical (unpaired) electrons. The van der Waals surface area contributed by atoms with Gasteiger partial charge in [0.05, 0.1) is 12.2 Å². The smallest absolute Gasteiger partial charge is 0.327 e. The van der Waals surface area contributed by atoms with Crippen LogP contribution in [-0.2, 0) is 16.7 Å². The van der Waals surface area contributed by atoms with Crippen LogP contribution in [0.15, 0.2) is 26.4 Å². The fourth-order valence-electron chi connectivity index (χ4n) is 3.93. The molecular formula is C20H21F3N6O4S. The maximum Gasteiger partial charge on any atom is 0.493 e. The number of halogens is 3. The van der Waals surface area contributed by atoms with Gasteiger partial charge in [-0.1, -0.05) is 5.92 Å². The molecule has 1 saturated heterocycles. The Bertz CT molecular complexity index is 1250. The van der Waals surface area contributed by atoms with Crippen LogP contribution < -0.4 is 26.5 Å². The fourth-order valence-corrected chi connectivity index (χ4v) is 4.55. The molecule has 0 aromatic carbocycles. The number of carbonyl (C=O) groups is 1. The number of alkyl halides is 3.